The molecule has 0 aromatic heterocycles. The van der Waals surface area contributed by atoms with Crippen LogP contribution < -0.4 is 4.74 Å². The largest absolute Gasteiger partial charge is 0.496 e. The van der Waals surface area contributed by atoms with E-state index < -0.39 is 5.97 Å². The van der Waals surface area contributed by atoms with Gasteiger partial charge in [0.05, 0.1) is 7.11 Å². The molecule has 0 amide bonds. The fourth-order valence-electron chi connectivity index (χ4n) is 1.63. The van der Waals surface area contributed by atoms with Crippen molar-refractivity contribution in [3.63, 3.8) is 0 Å². The first-order valence-electron chi connectivity index (χ1n) is 5.55. The number of hydrogen-bond acceptors (Lipinski definition) is 3. The molecule has 0 unspecified atom stereocenters. The van der Waals surface area contributed by atoms with Gasteiger partial charge in [0.1, 0.15) is 11.3 Å². The minimum Gasteiger partial charge on any atom is -0.496 e. The van der Waals surface area contributed by atoms with Crippen LogP contribution in [-0.4, -0.2) is 24.0 Å². The molecule has 1 rings (SSSR count). The van der Waals surface area contributed by atoms with Crippen LogP contribution in [0.5, 0.6) is 5.75 Å². The second kappa shape index (κ2) is 6.03. The minimum atomic E-state index is -1.14. The number of unbranched alkanes of at least 4 members (excludes halogenated alkanes) is 1. The van der Waals surface area contributed by atoms with Gasteiger partial charge in [-0.15, -0.1) is 0 Å². The Morgan fingerprint density at radius 2 is 2.06 bits per heavy atom. The highest BCUT2D eigenvalue weighted by atomic mass is 16.5. The Kier molecular flexibility index (Phi) is 4.69. The lowest BCUT2D eigenvalue weighted by Crippen LogP contribution is -2.10. The summed E-state index contributed by atoms with van der Waals surface area (Å²) in [6, 6.07) is 4.70. The van der Waals surface area contributed by atoms with Crippen LogP contribution in [0.4, 0.5) is 0 Å². The molecule has 0 saturated heterocycles. The first kappa shape index (κ1) is 13.2. The van der Waals surface area contributed by atoms with Crippen LogP contribution in [0.15, 0.2) is 18.2 Å². The van der Waals surface area contributed by atoms with Crippen LogP contribution in [0.1, 0.15) is 46.9 Å². The lowest BCUT2D eigenvalue weighted by atomic mass is 9.99. The number of carbonyl (C=O) groups is 2. The number of hydrogen-bond donors (Lipinski definition) is 1. The Morgan fingerprint density at radius 1 is 1.35 bits per heavy atom. The minimum absolute atomic E-state index is 0.0453. The Balaban J connectivity index is 3.14. The first-order valence-corrected chi connectivity index (χ1v) is 5.55. The molecule has 1 aromatic carbocycles. The fourth-order valence-corrected chi connectivity index (χ4v) is 1.63. The summed E-state index contributed by atoms with van der Waals surface area (Å²) in [5, 5.41) is 9.12. The van der Waals surface area contributed by atoms with Crippen molar-refractivity contribution >= 4 is 11.8 Å². The average molecular weight is 236 g/mol. The molecule has 4 nitrogen and oxygen atoms in total. The second-order valence-electron chi connectivity index (χ2n) is 3.71. The lowest BCUT2D eigenvalue weighted by Gasteiger charge is -2.09. The number of carboxylic acid groups (broad SMARTS) is 1. The van der Waals surface area contributed by atoms with Crippen LogP contribution in [0.3, 0.4) is 0 Å². The molecule has 0 radical (unpaired) electrons. The van der Waals surface area contributed by atoms with Crippen LogP contribution in [0.2, 0.25) is 0 Å². The van der Waals surface area contributed by atoms with Crippen molar-refractivity contribution in [3.8, 4) is 5.75 Å². The molecule has 0 bridgehead atoms. The number of benzene rings is 1. The highest BCUT2D eigenvalue weighted by Gasteiger charge is 2.20. The van der Waals surface area contributed by atoms with E-state index in [9.17, 15) is 9.59 Å². The smallest absolute Gasteiger partial charge is 0.340 e. The average Bonchev–Trinajstić information content (AvgIpc) is 2.34. The predicted octanol–water partition coefficient (Wildman–Crippen LogP) is 2.77. The summed E-state index contributed by atoms with van der Waals surface area (Å²) < 4.78 is 4.97. The third-order valence-electron chi connectivity index (χ3n) is 2.52. The zero-order chi connectivity index (χ0) is 12.8. The third kappa shape index (κ3) is 3.06. The maximum Gasteiger partial charge on any atom is 0.340 e. The highest BCUT2D eigenvalue weighted by Crippen LogP contribution is 2.23. The molecule has 0 heterocycles. The molecule has 92 valence electrons. The maximum absolute atomic E-state index is 11.9. The van der Waals surface area contributed by atoms with E-state index in [2.05, 4.69) is 0 Å². The van der Waals surface area contributed by atoms with E-state index in [-0.39, 0.29) is 22.7 Å². The molecular weight excluding hydrogens is 220 g/mol. The van der Waals surface area contributed by atoms with E-state index in [1.807, 2.05) is 6.92 Å². The van der Waals surface area contributed by atoms with Crippen LogP contribution >= 0.6 is 0 Å². The van der Waals surface area contributed by atoms with E-state index >= 15 is 0 Å². The first-order chi connectivity index (χ1) is 8.11. The van der Waals surface area contributed by atoms with E-state index in [1.165, 1.54) is 13.2 Å². The van der Waals surface area contributed by atoms with Crippen molar-refractivity contribution in [3.05, 3.63) is 29.3 Å². The molecular formula is C13H16O4. The summed E-state index contributed by atoms with van der Waals surface area (Å²) in [6.07, 6.45) is 2.02. The summed E-state index contributed by atoms with van der Waals surface area (Å²) >= 11 is 0. The van der Waals surface area contributed by atoms with Crippen molar-refractivity contribution in [1.29, 1.82) is 0 Å². The number of Topliss-reactive ketones (excluding diaryl/α,β-unsaturated/α-hetero) is 1. The van der Waals surface area contributed by atoms with E-state index in [4.69, 9.17) is 9.84 Å². The second-order valence-corrected chi connectivity index (χ2v) is 3.71. The molecule has 0 atom stereocenters. The van der Waals surface area contributed by atoms with Crippen molar-refractivity contribution in [2.45, 2.75) is 26.2 Å². The molecule has 0 aliphatic rings. The van der Waals surface area contributed by atoms with E-state index in [0.717, 1.165) is 12.8 Å². The van der Waals surface area contributed by atoms with Gasteiger partial charge in [-0.2, -0.15) is 0 Å². The van der Waals surface area contributed by atoms with Gasteiger partial charge in [-0.1, -0.05) is 25.5 Å². The zero-order valence-corrected chi connectivity index (χ0v) is 10.0. The summed E-state index contributed by atoms with van der Waals surface area (Å²) in [4.78, 5) is 23.0. The number of carbonyl (C=O) groups excluding carboxylic acids is 1. The standard InChI is InChI=1S/C13H16O4/c1-3-4-7-10(14)9-6-5-8-11(17-2)12(9)13(15)16/h5-6,8H,3-4,7H2,1-2H3,(H,15,16). The number of ether oxygens (including phenoxy) is 1. The molecule has 0 spiro atoms. The van der Waals surface area contributed by atoms with Crippen LogP contribution in [-0.2, 0) is 0 Å². The number of ketones is 1. The van der Waals surface area contributed by atoms with Gasteiger partial charge in [0.15, 0.2) is 5.78 Å². The molecule has 1 N–H and O–H groups in total. The number of aromatic carboxylic acids is 1. The molecule has 4 heteroatoms. The van der Waals surface area contributed by atoms with Gasteiger partial charge in [0, 0.05) is 12.0 Å². The van der Waals surface area contributed by atoms with Gasteiger partial charge >= 0.3 is 5.97 Å². The molecule has 0 aliphatic heterocycles. The zero-order valence-electron chi connectivity index (χ0n) is 10.0. The monoisotopic (exact) mass is 236 g/mol. The van der Waals surface area contributed by atoms with Gasteiger partial charge < -0.3 is 9.84 Å². The Morgan fingerprint density at radius 3 is 2.59 bits per heavy atom. The van der Waals surface area contributed by atoms with E-state index in [1.54, 1.807) is 12.1 Å². The fraction of sp³-hybridized carbons (Fsp3) is 0.385. The molecule has 0 saturated carbocycles. The summed E-state index contributed by atoms with van der Waals surface area (Å²) in [7, 11) is 1.39. The normalized spacial score (nSPS) is 10.0. The lowest BCUT2D eigenvalue weighted by molar-refractivity contribution is 0.0688. The Hall–Kier alpha value is -1.84. The molecule has 1 aromatic rings. The van der Waals surface area contributed by atoms with Gasteiger partial charge in [-0.3, -0.25) is 4.79 Å². The molecule has 17 heavy (non-hydrogen) atoms. The van der Waals surface area contributed by atoms with E-state index in [0.29, 0.717) is 6.42 Å². The number of methoxy groups -OCH3 is 1. The van der Waals surface area contributed by atoms with Crippen LogP contribution in [0.25, 0.3) is 0 Å². The van der Waals surface area contributed by atoms with Gasteiger partial charge in [-0.25, -0.2) is 4.79 Å². The van der Waals surface area contributed by atoms with Gasteiger partial charge in [0.2, 0.25) is 0 Å². The highest BCUT2D eigenvalue weighted by molar-refractivity contribution is 6.07. The van der Waals surface area contributed by atoms with Crippen molar-refractivity contribution in [2.75, 3.05) is 7.11 Å². The van der Waals surface area contributed by atoms with Gasteiger partial charge in [0.25, 0.3) is 0 Å². The summed E-state index contributed by atoms with van der Waals surface area (Å²) in [5.74, 6) is -1.06. The summed E-state index contributed by atoms with van der Waals surface area (Å²) in [5.41, 5.74) is 0.182. The molecule has 0 fully saturated rings. The summed E-state index contributed by atoms with van der Waals surface area (Å²) in [6.45, 7) is 1.98. The number of carboxylic acids is 1. The third-order valence-corrected chi connectivity index (χ3v) is 2.52. The Bertz CT molecular complexity index is 423. The van der Waals surface area contributed by atoms with Crippen molar-refractivity contribution < 1.29 is 19.4 Å². The Labute approximate surface area is 100 Å². The van der Waals surface area contributed by atoms with Crippen molar-refractivity contribution in [2.24, 2.45) is 0 Å². The molecule has 0 aliphatic carbocycles. The SMILES string of the molecule is CCCCC(=O)c1cccc(OC)c1C(=O)O. The maximum atomic E-state index is 11.9. The number of rotatable bonds is 6. The van der Waals surface area contributed by atoms with Crippen LogP contribution in [0, 0.1) is 0 Å². The van der Waals surface area contributed by atoms with Crippen molar-refractivity contribution in [1.82, 2.24) is 0 Å². The topological polar surface area (TPSA) is 63.6 Å². The van der Waals surface area contributed by atoms with Gasteiger partial charge in [-0.05, 0) is 12.5 Å². The predicted molar refractivity (Wildman–Crippen MR) is 63.8 cm³/mol. The quantitative estimate of drug-likeness (QED) is 0.771.